The zero-order valence-corrected chi connectivity index (χ0v) is 8.90. The zero-order valence-electron chi connectivity index (χ0n) is 8.90. The van der Waals surface area contributed by atoms with E-state index in [0.29, 0.717) is 19.6 Å². The lowest BCUT2D eigenvalue weighted by atomic mass is 10.4. The Morgan fingerprint density at radius 1 is 1.20 bits per heavy atom. The van der Waals surface area contributed by atoms with E-state index < -0.39 is 11.9 Å². The lowest BCUT2D eigenvalue weighted by Crippen LogP contribution is -2.37. The lowest BCUT2D eigenvalue weighted by molar-refractivity contribution is -0.139. The van der Waals surface area contributed by atoms with Gasteiger partial charge in [0.2, 0.25) is 0 Å². The first kappa shape index (κ1) is 13.9. The number of nitrogens with one attached hydrogen (secondary N) is 1. The molecular weight excluding hydrogens is 200 g/mol. The third kappa shape index (κ3) is 9.17. The van der Waals surface area contributed by atoms with E-state index >= 15 is 0 Å². The SMILES string of the molecule is CCCN(CCNCC(=O)O)CC(=O)O. The van der Waals surface area contributed by atoms with E-state index in [1.165, 1.54) is 0 Å². The van der Waals surface area contributed by atoms with Gasteiger partial charge in [0.1, 0.15) is 0 Å². The average Bonchev–Trinajstić information content (AvgIpc) is 2.11. The third-order valence-electron chi connectivity index (χ3n) is 1.78. The van der Waals surface area contributed by atoms with Crippen molar-refractivity contribution in [3.05, 3.63) is 0 Å². The van der Waals surface area contributed by atoms with E-state index in [-0.39, 0.29) is 13.1 Å². The molecule has 0 aromatic heterocycles. The van der Waals surface area contributed by atoms with Gasteiger partial charge in [0.25, 0.3) is 0 Å². The standard InChI is InChI=1S/C9H18N2O4/c1-2-4-11(7-9(14)15)5-3-10-6-8(12)13/h10H,2-7H2,1H3,(H,12,13)(H,14,15). The largest absolute Gasteiger partial charge is 0.480 e. The Kier molecular flexibility index (Phi) is 7.57. The average molecular weight is 218 g/mol. The van der Waals surface area contributed by atoms with E-state index in [9.17, 15) is 9.59 Å². The van der Waals surface area contributed by atoms with Gasteiger partial charge in [-0.3, -0.25) is 14.5 Å². The molecule has 6 nitrogen and oxygen atoms in total. The van der Waals surface area contributed by atoms with Crippen molar-refractivity contribution in [1.29, 1.82) is 0 Å². The minimum absolute atomic E-state index is 0.00257. The fourth-order valence-corrected chi connectivity index (χ4v) is 1.21. The molecule has 0 aliphatic carbocycles. The smallest absolute Gasteiger partial charge is 0.317 e. The molecular formula is C9H18N2O4. The highest BCUT2D eigenvalue weighted by Gasteiger charge is 2.07. The minimum atomic E-state index is -0.907. The summed E-state index contributed by atoms with van der Waals surface area (Å²) in [5, 5.41) is 19.7. The molecule has 0 saturated carbocycles. The fraction of sp³-hybridized carbons (Fsp3) is 0.778. The molecule has 0 aromatic rings. The molecule has 0 amide bonds. The summed E-state index contributed by atoms with van der Waals surface area (Å²) in [4.78, 5) is 22.4. The van der Waals surface area contributed by atoms with Crippen LogP contribution < -0.4 is 5.32 Å². The second-order valence-electron chi connectivity index (χ2n) is 3.24. The molecule has 0 heterocycles. The molecule has 3 N–H and O–H groups in total. The summed E-state index contributed by atoms with van der Waals surface area (Å²) < 4.78 is 0. The summed E-state index contributed by atoms with van der Waals surface area (Å²) >= 11 is 0. The fourth-order valence-electron chi connectivity index (χ4n) is 1.21. The molecule has 6 heteroatoms. The van der Waals surface area contributed by atoms with Crippen molar-refractivity contribution in [3.63, 3.8) is 0 Å². The quantitative estimate of drug-likeness (QED) is 0.450. The number of carboxylic acids is 2. The first-order valence-electron chi connectivity index (χ1n) is 4.93. The molecule has 0 rings (SSSR count). The first-order valence-corrected chi connectivity index (χ1v) is 4.93. The van der Waals surface area contributed by atoms with E-state index in [0.717, 1.165) is 6.42 Å². The molecule has 0 atom stereocenters. The van der Waals surface area contributed by atoms with Crippen LogP contribution in [0.2, 0.25) is 0 Å². The molecule has 0 radical (unpaired) electrons. The van der Waals surface area contributed by atoms with E-state index in [1.54, 1.807) is 4.90 Å². The summed E-state index contributed by atoms with van der Waals surface area (Å²) in [6, 6.07) is 0. The van der Waals surface area contributed by atoms with Gasteiger partial charge in [0, 0.05) is 13.1 Å². The molecule has 0 saturated heterocycles. The number of nitrogens with zero attached hydrogens (tertiary/aromatic N) is 1. The topological polar surface area (TPSA) is 89.9 Å². The molecule has 0 aliphatic heterocycles. The van der Waals surface area contributed by atoms with E-state index in [1.807, 2.05) is 6.92 Å². The second kappa shape index (κ2) is 8.19. The molecule has 15 heavy (non-hydrogen) atoms. The number of rotatable bonds is 9. The number of hydrogen-bond acceptors (Lipinski definition) is 4. The Bertz CT molecular complexity index is 208. The summed E-state index contributed by atoms with van der Waals surface area (Å²) in [5.74, 6) is -1.77. The van der Waals surface area contributed by atoms with Crippen LogP contribution in [0.25, 0.3) is 0 Å². The maximum Gasteiger partial charge on any atom is 0.317 e. The van der Waals surface area contributed by atoms with Crippen LogP contribution >= 0.6 is 0 Å². The summed E-state index contributed by atoms with van der Waals surface area (Å²) in [6.45, 7) is 3.63. The highest BCUT2D eigenvalue weighted by molar-refractivity contribution is 5.69. The summed E-state index contributed by atoms with van der Waals surface area (Å²) in [7, 11) is 0. The Labute approximate surface area is 88.9 Å². The van der Waals surface area contributed by atoms with Crippen LogP contribution in [0.3, 0.4) is 0 Å². The van der Waals surface area contributed by atoms with Crippen LogP contribution in [0, 0.1) is 0 Å². The molecule has 0 unspecified atom stereocenters. The molecule has 0 bridgehead atoms. The zero-order chi connectivity index (χ0) is 11.7. The van der Waals surface area contributed by atoms with Crippen LogP contribution in [0.15, 0.2) is 0 Å². The Morgan fingerprint density at radius 2 is 1.87 bits per heavy atom. The third-order valence-corrected chi connectivity index (χ3v) is 1.78. The number of hydrogen-bond donors (Lipinski definition) is 3. The predicted molar refractivity (Wildman–Crippen MR) is 54.9 cm³/mol. The Hall–Kier alpha value is -1.14. The van der Waals surface area contributed by atoms with Crippen molar-refractivity contribution >= 4 is 11.9 Å². The maximum atomic E-state index is 10.5. The van der Waals surface area contributed by atoms with Crippen LogP contribution in [0.5, 0.6) is 0 Å². The van der Waals surface area contributed by atoms with Gasteiger partial charge < -0.3 is 15.5 Å². The van der Waals surface area contributed by atoms with Gasteiger partial charge in [0.15, 0.2) is 0 Å². The highest BCUT2D eigenvalue weighted by atomic mass is 16.4. The molecule has 0 aliphatic rings. The summed E-state index contributed by atoms with van der Waals surface area (Å²) in [6.07, 6.45) is 0.881. The number of carbonyl (C=O) groups is 2. The van der Waals surface area contributed by atoms with Crippen molar-refractivity contribution in [2.75, 3.05) is 32.7 Å². The molecule has 0 aromatic carbocycles. The lowest BCUT2D eigenvalue weighted by Gasteiger charge is -2.19. The highest BCUT2D eigenvalue weighted by Crippen LogP contribution is 1.90. The van der Waals surface area contributed by atoms with E-state index in [4.69, 9.17) is 10.2 Å². The Balaban J connectivity index is 3.65. The van der Waals surface area contributed by atoms with Crippen LogP contribution in [-0.4, -0.2) is 59.8 Å². The van der Waals surface area contributed by atoms with Gasteiger partial charge in [-0.2, -0.15) is 0 Å². The van der Waals surface area contributed by atoms with Crippen molar-refractivity contribution in [3.8, 4) is 0 Å². The van der Waals surface area contributed by atoms with Crippen molar-refractivity contribution in [1.82, 2.24) is 10.2 Å². The minimum Gasteiger partial charge on any atom is -0.480 e. The van der Waals surface area contributed by atoms with Gasteiger partial charge in [-0.25, -0.2) is 0 Å². The van der Waals surface area contributed by atoms with Crippen molar-refractivity contribution in [2.45, 2.75) is 13.3 Å². The van der Waals surface area contributed by atoms with Crippen LogP contribution in [0.1, 0.15) is 13.3 Å². The van der Waals surface area contributed by atoms with Gasteiger partial charge in [0.05, 0.1) is 13.1 Å². The van der Waals surface area contributed by atoms with Gasteiger partial charge >= 0.3 is 11.9 Å². The molecule has 88 valence electrons. The van der Waals surface area contributed by atoms with Gasteiger partial charge in [-0.15, -0.1) is 0 Å². The monoisotopic (exact) mass is 218 g/mol. The maximum absolute atomic E-state index is 10.5. The van der Waals surface area contributed by atoms with Crippen molar-refractivity contribution in [2.24, 2.45) is 0 Å². The first-order chi connectivity index (χ1) is 7.06. The Morgan fingerprint density at radius 3 is 2.33 bits per heavy atom. The number of carboxylic acid groups (broad SMARTS) is 2. The number of aliphatic carboxylic acids is 2. The van der Waals surface area contributed by atoms with Crippen LogP contribution in [0.4, 0.5) is 0 Å². The predicted octanol–water partition coefficient (Wildman–Crippen LogP) is -0.543. The summed E-state index contributed by atoms with van der Waals surface area (Å²) in [5.41, 5.74) is 0. The molecule has 0 fully saturated rings. The van der Waals surface area contributed by atoms with Gasteiger partial charge in [-0.1, -0.05) is 6.92 Å². The van der Waals surface area contributed by atoms with Crippen LogP contribution in [-0.2, 0) is 9.59 Å². The second-order valence-corrected chi connectivity index (χ2v) is 3.24. The molecule has 0 spiro atoms. The van der Waals surface area contributed by atoms with Gasteiger partial charge in [-0.05, 0) is 13.0 Å². The normalized spacial score (nSPS) is 10.5. The van der Waals surface area contributed by atoms with E-state index in [2.05, 4.69) is 5.32 Å². The van der Waals surface area contributed by atoms with Crippen molar-refractivity contribution < 1.29 is 19.8 Å².